The van der Waals surface area contributed by atoms with Gasteiger partial charge in [-0.2, -0.15) is 0 Å². The van der Waals surface area contributed by atoms with Gasteiger partial charge in [-0.1, -0.05) is 6.07 Å². The lowest BCUT2D eigenvalue weighted by Gasteiger charge is -2.34. The molecule has 14 nitrogen and oxygen atoms in total. The van der Waals surface area contributed by atoms with Crippen LogP contribution in [0.25, 0.3) is 22.3 Å². The summed E-state index contributed by atoms with van der Waals surface area (Å²) in [6, 6.07) is 11.7. The van der Waals surface area contributed by atoms with E-state index in [0.717, 1.165) is 30.3 Å². The number of aliphatic hydroxyl groups is 2. The Morgan fingerprint density at radius 1 is 0.614 bits per heavy atom. The maximum Gasteiger partial charge on any atom is 0.238 e. The normalized spacial score (nSPS) is 17.3. The molecule has 0 saturated heterocycles. The van der Waals surface area contributed by atoms with Gasteiger partial charge in [0.15, 0.2) is 34.9 Å². The SMILES string of the molecule is O=c1c(O)c(-c2ccc(O)c(O)c2)oc2cc(O)cc(O)c12.Oc1cc(O)c2c(c1)OC(c1ccc(O)c(O)c1)C(O)C2O. The number of ether oxygens (including phenoxy) is 1. The van der Waals surface area contributed by atoms with Gasteiger partial charge in [0.05, 0.1) is 5.56 Å². The number of benzene rings is 4. The van der Waals surface area contributed by atoms with Crippen LogP contribution in [0.3, 0.4) is 0 Å². The van der Waals surface area contributed by atoms with Crippen molar-refractivity contribution in [2.24, 2.45) is 0 Å². The van der Waals surface area contributed by atoms with Gasteiger partial charge in [0.2, 0.25) is 11.2 Å². The van der Waals surface area contributed by atoms with Crippen LogP contribution in [-0.4, -0.2) is 62.3 Å². The monoisotopic (exact) mass is 608 g/mol. The highest BCUT2D eigenvalue weighted by Crippen LogP contribution is 2.47. The van der Waals surface area contributed by atoms with Crippen LogP contribution < -0.4 is 10.2 Å². The first kappa shape index (κ1) is 29.5. The highest BCUT2D eigenvalue weighted by molar-refractivity contribution is 5.88. The first-order chi connectivity index (χ1) is 20.8. The molecule has 1 aliphatic rings. The maximum absolute atomic E-state index is 12.1. The number of rotatable bonds is 2. The van der Waals surface area contributed by atoms with Crippen molar-refractivity contribution < 1.29 is 65.3 Å². The quantitative estimate of drug-likeness (QED) is 0.129. The molecule has 0 spiro atoms. The van der Waals surface area contributed by atoms with Crippen molar-refractivity contribution in [1.82, 2.24) is 0 Å². The van der Waals surface area contributed by atoms with E-state index in [9.17, 15) is 61.0 Å². The van der Waals surface area contributed by atoms with Crippen LogP contribution in [0.15, 0.2) is 69.9 Å². The van der Waals surface area contributed by atoms with Crippen LogP contribution in [-0.2, 0) is 0 Å². The first-order valence-corrected chi connectivity index (χ1v) is 12.6. The minimum Gasteiger partial charge on any atom is -0.508 e. The van der Waals surface area contributed by atoms with Crippen molar-refractivity contribution in [2.45, 2.75) is 18.3 Å². The summed E-state index contributed by atoms with van der Waals surface area (Å²) in [4.78, 5) is 12.1. The zero-order valence-electron chi connectivity index (χ0n) is 22.1. The largest absolute Gasteiger partial charge is 0.508 e. The van der Waals surface area contributed by atoms with E-state index in [-0.39, 0.29) is 56.6 Å². The minimum atomic E-state index is -1.44. The predicted molar refractivity (Wildman–Crippen MR) is 150 cm³/mol. The molecular formula is C30H24O14. The molecule has 3 atom stereocenters. The van der Waals surface area contributed by atoms with Gasteiger partial charge in [0.25, 0.3) is 0 Å². The van der Waals surface area contributed by atoms with Gasteiger partial charge in [-0.15, -0.1) is 0 Å². The Kier molecular flexibility index (Phi) is 7.38. The first-order valence-electron chi connectivity index (χ1n) is 12.6. The average molecular weight is 609 g/mol. The van der Waals surface area contributed by atoms with E-state index in [0.29, 0.717) is 5.56 Å². The lowest BCUT2D eigenvalue weighted by Crippen LogP contribution is -2.34. The van der Waals surface area contributed by atoms with Gasteiger partial charge in [0, 0.05) is 29.8 Å². The summed E-state index contributed by atoms with van der Waals surface area (Å²) >= 11 is 0. The number of phenolic OH excluding ortho intramolecular Hbond substituents is 8. The Bertz CT molecular complexity index is 1970. The molecule has 2 heterocycles. The molecule has 14 heteroatoms. The second-order valence-electron chi connectivity index (χ2n) is 9.75. The van der Waals surface area contributed by atoms with Gasteiger partial charge in [0.1, 0.15) is 51.9 Å². The molecule has 0 saturated carbocycles. The highest BCUT2D eigenvalue weighted by Gasteiger charge is 2.39. The molecule has 5 aromatic rings. The van der Waals surface area contributed by atoms with Crippen molar-refractivity contribution in [3.05, 3.63) is 82.0 Å². The molecule has 0 amide bonds. The average Bonchev–Trinajstić information content (AvgIpc) is 2.95. The van der Waals surface area contributed by atoms with Crippen LogP contribution in [0.1, 0.15) is 23.3 Å². The number of aliphatic hydroxyl groups excluding tert-OH is 2. The molecule has 0 fully saturated rings. The smallest absolute Gasteiger partial charge is 0.238 e. The Morgan fingerprint density at radius 2 is 1.23 bits per heavy atom. The number of fused-ring (bicyclic) bond motifs is 2. The fourth-order valence-electron chi connectivity index (χ4n) is 4.65. The third kappa shape index (κ3) is 5.21. The van der Waals surface area contributed by atoms with Crippen LogP contribution in [0.4, 0.5) is 0 Å². The van der Waals surface area contributed by atoms with Crippen LogP contribution in [0, 0.1) is 0 Å². The van der Waals surface area contributed by atoms with Crippen LogP contribution >= 0.6 is 0 Å². The Morgan fingerprint density at radius 3 is 1.89 bits per heavy atom. The maximum atomic E-state index is 12.1. The molecule has 11 N–H and O–H groups in total. The molecule has 4 aromatic carbocycles. The zero-order chi connectivity index (χ0) is 32.0. The lowest BCUT2D eigenvalue weighted by molar-refractivity contribution is -0.0711. The molecule has 44 heavy (non-hydrogen) atoms. The van der Waals surface area contributed by atoms with Crippen molar-refractivity contribution in [1.29, 1.82) is 0 Å². The van der Waals surface area contributed by atoms with Crippen molar-refractivity contribution in [2.75, 3.05) is 0 Å². The number of hydrogen-bond acceptors (Lipinski definition) is 14. The van der Waals surface area contributed by atoms with E-state index in [2.05, 4.69) is 0 Å². The van der Waals surface area contributed by atoms with E-state index in [1.54, 1.807) is 0 Å². The fraction of sp³-hybridized carbons (Fsp3) is 0.100. The van der Waals surface area contributed by atoms with E-state index in [4.69, 9.17) is 9.15 Å². The molecule has 1 aliphatic heterocycles. The topological polar surface area (TPSA) is 262 Å². The Balaban J connectivity index is 0.000000175. The summed E-state index contributed by atoms with van der Waals surface area (Å²) in [5.74, 6) is -4.07. The Hall–Kier alpha value is -5.99. The highest BCUT2D eigenvalue weighted by atomic mass is 16.5. The fourth-order valence-corrected chi connectivity index (χ4v) is 4.65. The number of hydrogen-bond donors (Lipinski definition) is 11. The predicted octanol–water partition coefficient (Wildman–Crippen LogP) is 3.03. The third-order valence-corrected chi connectivity index (χ3v) is 6.79. The van der Waals surface area contributed by atoms with Gasteiger partial charge in [-0.25, -0.2) is 0 Å². The van der Waals surface area contributed by atoms with Gasteiger partial charge >= 0.3 is 0 Å². The van der Waals surface area contributed by atoms with E-state index >= 15 is 0 Å². The molecule has 0 radical (unpaired) electrons. The molecule has 3 unspecified atom stereocenters. The van der Waals surface area contributed by atoms with Crippen molar-refractivity contribution in [3.8, 4) is 68.8 Å². The molecule has 0 aliphatic carbocycles. The number of phenols is 8. The molecule has 1 aromatic heterocycles. The molecular weight excluding hydrogens is 584 g/mol. The van der Waals surface area contributed by atoms with Gasteiger partial charge < -0.3 is 65.3 Å². The Labute approximate surface area is 245 Å². The number of aromatic hydroxyl groups is 9. The van der Waals surface area contributed by atoms with Crippen molar-refractivity contribution >= 4 is 11.0 Å². The second-order valence-corrected chi connectivity index (χ2v) is 9.75. The summed E-state index contributed by atoms with van der Waals surface area (Å²) in [6.45, 7) is 0. The molecule has 0 bridgehead atoms. The van der Waals surface area contributed by atoms with Crippen LogP contribution in [0.5, 0.6) is 57.5 Å². The summed E-state index contributed by atoms with van der Waals surface area (Å²) in [7, 11) is 0. The van der Waals surface area contributed by atoms with E-state index < -0.39 is 52.5 Å². The minimum absolute atomic E-state index is 0.0212. The van der Waals surface area contributed by atoms with E-state index in [1.807, 2.05) is 0 Å². The summed E-state index contributed by atoms with van der Waals surface area (Å²) in [5, 5.41) is 106. The van der Waals surface area contributed by atoms with Crippen LogP contribution in [0.2, 0.25) is 0 Å². The van der Waals surface area contributed by atoms with Crippen molar-refractivity contribution in [3.63, 3.8) is 0 Å². The molecule has 6 rings (SSSR count). The summed E-state index contributed by atoms with van der Waals surface area (Å²) < 4.78 is 10.9. The summed E-state index contributed by atoms with van der Waals surface area (Å²) in [5.41, 5.74) is -0.598. The third-order valence-electron chi connectivity index (χ3n) is 6.79. The standard InChI is InChI=1S/C15H14O7.C15H10O7/c2*16-7-4-10(19)12-11(5-7)22-15(14(21)13(12)20)6-1-2-8(17)9(18)3-6/h1-5,13-21H;1-5,16-19,21H. The lowest BCUT2D eigenvalue weighted by atomic mass is 9.91. The van der Waals surface area contributed by atoms with E-state index in [1.165, 1.54) is 30.3 Å². The second kappa shape index (κ2) is 11.0. The molecule has 228 valence electrons. The zero-order valence-corrected chi connectivity index (χ0v) is 22.1. The van der Waals surface area contributed by atoms with Gasteiger partial charge in [-0.3, -0.25) is 4.79 Å². The van der Waals surface area contributed by atoms with Gasteiger partial charge in [-0.05, 0) is 35.9 Å². The summed E-state index contributed by atoms with van der Waals surface area (Å²) in [6.07, 6.45) is -3.90.